The Morgan fingerprint density at radius 2 is 1.64 bits per heavy atom. The smallest absolute Gasteiger partial charge is 0.338 e. The summed E-state index contributed by atoms with van der Waals surface area (Å²) in [6, 6.07) is 13.6. The Kier molecular flexibility index (Phi) is 5.17. The van der Waals surface area contributed by atoms with Crippen molar-refractivity contribution in [1.29, 1.82) is 0 Å². The Morgan fingerprint density at radius 3 is 2.23 bits per heavy atom. The highest BCUT2D eigenvalue weighted by atomic mass is 35.5. The SMILES string of the molecule is Cc1ccc(C(=O)O[C@H](C)C(=O)Nc2ccc(Cl)cc2)cc1. The lowest BCUT2D eigenvalue weighted by molar-refractivity contribution is -0.123. The van der Waals surface area contributed by atoms with Crippen LogP contribution in [0.15, 0.2) is 48.5 Å². The molecule has 0 bridgehead atoms. The first-order valence-corrected chi connectivity index (χ1v) is 7.17. The summed E-state index contributed by atoms with van der Waals surface area (Å²) in [5, 5.41) is 3.24. The van der Waals surface area contributed by atoms with E-state index in [0.717, 1.165) is 5.56 Å². The van der Waals surface area contributed by atoms with Gasteiger partial charge in [0.25, 0.3) is 5.91 Å². The van der Waals surface area contributed by atoms with Crippen LogP contribution in [0.1, 0.15) is 22.8 Å². The summed E-state index contributed by atoms with van der Waals surface area (Å²) in [4.78, 5) is 23.9. The lowest BCUT2D eigenvalue weighted by Gasteiger charge is -2.13. The number of ether oxygens (including phenoxy) is 1. The van der Waals surface area contributed by atoms with Gasteiger partial charge in [0.05, 0.1) is 5.56 Å². The van der Waals surface area contributed by atoms with Crippen LogP contribution in [0, 0.1) is 6.92 Å². The number of carbonyl (C=O) groups is 2. The van der Waals surface area contributed by atoms with Gasteiger partial charge in [-0.1, -0.05) is 29.3 Å². The first-order valence-electron chi connectivity index (χ1n) is 6.80. The number of nitrogens with one attached hydrogen (secondary N) is 1. The summed E-state index contributed by atoms with van der Waals surface area (Å²) in [6.07, 6.45) is -0.899. The van der Waals surface area contributed by atoms with Crippen molar-refractivity contribution in [2.45, 2.75) is 20.0 Å². The molecule has 22 heavy (non-hydrogen) atoms. The third-order valence-electron chi connectivity index (χ3n) is 3.05. The topological polar surface area (TPSA) is 55.4 Å². The van der Waals surface area contributed by atoms with Crippen molar-refractivity contribution in [3.8, 4) is 0 Å². The van der Waals surface area contributed by atoms with E-state index in [1.165, 1.54) is 6.92 Å². The average Bonchev–Trinajstić information content (AvgIpc) is 2.50. The van der Waals surface area contributed by atoms with Crippen molar-refractivity contribution in [3.63, 3.8) is 0 Å². The fraction of sp³-hybridized carbons (Fsp3) is 0.176. The summed E-state index contributed by atoms with van der Waals surface area (Å²) in [6.45, 7) is 3.45. The largest absolute Gasteiger partial charge is 0.449 e. The van der Waals surface area contributed by atoms with E-state index in [2.05, 4.69) is 5.32 Å². The molecule has 0 heterocycles. The Morgan fingerprint density at radius 1 is 1.05 bits per heavy atom. The summed E-state index contributed by atoms with van der Waals surface area (Å²) in [5.41, 5.74) is 2.05. The van der Waals surface area contributed by atoms with Crippen LogP contribution in [-0.4, -0.2) is 18.0 Å². The van der Waals surface area contributed by atoms with E-state index >= 15 is 0 Å². The van der Waals surface area contributed by atoms with Crippen LogP contribution in [-0.2, 0) is 9.53 Å². The number of hydrogen-bond acceptors (Lipinski definition) is 3. The number of benzene rings is 2. The molecule has 0 unspecified atom stereocenters. The number of halogens is 1. The molecular formula is C17H16ClNO3. The number of esters is 1. The highest BCUT2D eigenvalue weighted by Gasteiger charge is 2.18. The zero-order valence-electron chi connectivity index (χ0n) is 12.3. The number of hydrogen-bond donors (Lipinski definition) is 1. The summed E-state index contributed by atoms with van der Waals surface area (Å²) >= 11 is 5.78. The van der Waals surface area contributed by atoms with Gasteiger partial charge in [0.1, 0.15) is 0 Å². The standard InChI is InChI=1S/C17H16ClNO3/c1-11-3-5-13(6-4-11)17(21)22-12(2)16(20)19-15-9-7-14(18)8-10-15/h3-10,12H,1-2H3,(H,19,20)/t12-/m1/s1. The minimum absolute atomic E-state index is 0.400. The fourth-order valence-electron chi connectivity index (χ4n) is 1.75. The van der Waals surface area contributed by atoms with Gasteiger partial charge in [0.15, 0.2) is 6.10 Å². The molecule has 1 amide bonds. The lowest BCUT2D eigenvalue weighted by atomic mass is 10.1. The third-order valence-corrected chi connectivity index (χ3v) is 3.30. The quantitative estimate of drug-likeness (QED) is 0.872. The van der Waals surface area contributed by atoms with E-state index in [9.17, 15) is 9.59 Å². The molecule has 1 N–H and O–H groups in total. The molecule has 0 saturated carbocycles. The molecule has 0 aliphatic heterocycles. The molecule has 114 valence electrons. The van der Waals surface area contributed by atoms with E-state index in [-0.39, 0.29) is 0 Å². The van der Waals surface area contributed by atoms with Gasteiger partial charge >= 0.3 is 5.97 Å². The monoisotopic (exact) mass is 317 g/mol. The van der Waals surface area contributed by atoms with Gasteiger partial charge < -0.3 is 10.1 Å². The van der Waals surface area contributed by atoms with Gasteiger partial charge in [0, 0.05) is 10.7 Å². The number of amides is 1. The highest BCUT2D eigenvalue weighted by Crippen LogP contribution is 2.14. The predicted octanol–water partition coefficient (Wildman–Crippen LogP) is 3.83. The van der Waals surface area contributed by atoms with Crippen molar-refractivity contribution in [3.05, 3.63) is 64.7 Å². The van der Waals surface area contributed by atoms with Crippen molar-refractivity contribution in [2.75, 3.05) is 5.32 Å². The van der Waals surface area contributed by atoms with Crippen molar-refractivity contribution in [2.24, 2.45) is 0 Å². The molecule has 0 aromatic heterocycles. The summed E-state index contributed by atoms with van der Waals surface area (Å²) < 4.78 is 5.16. The molecule has 2 aromatic carbocycles. The van der Waals surface area contributed by atoms with Crippen LogP contribution in [0.25, 0.3) is 0 Å². The molecule has 0 fully saturated rings. The first kappa shape index (κ1) is 16.0. The van der Waals surface area contributed by atoms with Gasteiger partial charge in [-0.2, -0.15) is 0 Å². The molecule has 0 aliphatic rings. The molecule has 0 saturated heterocycles. The number of aryl methyl sites for hydroxylation is 1. The Balaban J connectivity index is 1.94. The van der Waals surface area contributed by atoms with Crippen LogP contribution in [0.4, 0.5) is 5.69 Å². The van der Waals surface area contributed by atoms with Crippen molar-refractivity contribution < 1.29 is 14.3 Å². The maximum Gasteiger partial charge on any atom is 0.338 e. The Labute approximate surface area is 134 Å². The van der Waals surface area contributed by atoms with E-state index < -0.39 is 18.0 Å². The van der Waals surface area contributed by atoms with Crippen LogP contribution < -0.4 is 5.32 Å². The zero-order chi connectivity index (χ0) is 16.1. The van der Waals surface area contributed by atoms with Gasteiger partial charge in [-0.3, -0.25) is 4.79 Å². The van der Waals surface area contributed by atoms with E-state index in [4.69, 9.17) is 16.3 Å². The first-order chi connectivity index (χ1) is 10.5. The second-order valence-corrected chi connectivity index (χ2v) is 5.35. The van der Waals surface area contributed by atoms with E-state index in [1.54, 1.807) is 36.4 Å². The van der Waals surface area contributed by atoms with Crippen LogP contribution in [0.3, 0.4) is 0 Å². The molecule has 0 aliphatic carbocycles. The molecular weight excluding hydrogens is 302 g/mol. The summed E-state index contributed by atoms with van der Waals surface area (Å²) in [5.74, 6) is -0.929. The highest BCUT2D eigenvalue weighted by molar-refractivity contribution is 6.30. The second-order valence-electron chi connectivity index (χ2n) is 4.91. The van der Waals surface area contributed by atoms with Crippen LogP contribution in [0.2, 0.25) is 5.02 Å². The van der Waals surface area contributed by atoms with E-state index in [0.29, 0.717) is 16.3 Å². The molecule has 5 heteroatoms. The van der Waals surface area contributed by atoms with Crippen LogP contribution >= 0.6 is 11.6 Å². The molecule has 4 nitrogen and oxygen atoms in total. The number of rotatable bonds is 4. The minimum Gasteiger partial charge on any atom is -0.449 e. The van der Waals surface area contributed by atoms with E-state index in [1.807, 2.05) is 19.1 Å². The van der Waals surface area contributed by atoms with Crippen molar-refractivity contribution in [1.82, 2.24) is 0 Å². The van der Waals surface area contributed by atoms with Gasteiger partial charge in [0.2, 0.25) is 0 Å². The number of carbonyl (C=O) groups excluding carboxylic acids is 2. The summed E-state index contributed by atoms with van der Waals surface area (Å²) in [7, 11) is 0. The Hall–Kier alpha value is -2.33. The maximum absolute atomic E-state index is 12.0. The lowest BCUT2D eigenvalue weighted by Crippen LogP contribution is -2.29. The van der Waals surface area contributed by atoms with Gasteiger partial charge in [-0.15, -0.1) is 0 Å². The van der Waals surface area contributed by atoms with Gasteiger partial charge in [-0.25, -0.2) is 4.79 Å². The maximum atomic E-state index is 12.0. The second kappa shape index (κ2) is 7.09. The van der Waals surface area contributed by atoms with Crippen molar-refractivity contribution >= 4 is 29.2 Å². The average molecular weight is 318 g/mol. The Bertz CT molecular complexity index is 665. The molecule has 1 atom stereocenters. The fourth-order valence-corrected chi connectivity index (χ4v) is 1.87. The molecule has 2 aromatic rings. The third kappa shape index (κ3) is 4.33. The van der Waals surface area contributed by atoms with Crippen LogP contribution in [0.5, 0.6) is 0 Å². The van der Waals surface area contributed by atoms with Gasteiger partial charge in [-0.05, 0) is 50.2 Å². The number of anilines is 1. The minimum atomic E-state index is -0.899. The molecule has 2 rings (SSSR count). The zero-order valence-corrected chi connectivity index (χ0v) is 13.1. The normalized spacial score (nSPS) is 11.6. The molecule has 0 spiro atoms. The molecule has 0 radical (unpaired) electrons. The predicted molar refractivity (Wildman–Crippen MR) is 86.1 cm³/mol.